The maximum Gasteiger partial charge on any atom is 0.298 e. The van der Waals surface area contributed by atoms with Crippen molar-refractivity contribution < 1.29 is 9.90 Å². The van der Waals surface area contributed by atoms with Crippen LogP contribution in [0.3, 0.4) is 0 Å². The highest BCUT2D eigenvalue weighted by atomic mass is 16.3. The van der Waals surface area contributed by atoms with Gasteiger partial charge in [-0.05, 0) is 26.8 Å². The fraction of sp³-hybridized carbons (Fsp3) is 0.769. The largest absolute Gasteiger partial charge is 0.378 e. The minimum atomic E-state index is -1.10. The number of carbonyl (C=O) groups is 1. The summed E-state index contributed by atoms with van der Waals surface area (Å²) < 4.78 is 0. The fourth-order valence-corrected chi connectivity index (χ4v) is 1.30. The lowest BCUT2D eigenvalue weighted by Crippen LogP contribution is -2.46. The zero-order valence-electron chi connectivity index (χ0n) is 11.6. The second-order valence-electron chi connectivity index (χ2n) is 4.40. The predicted octanol–water partition coefficient (Wildman–Crippen LogP) is 0.561. The number of amides is 1. The molecule has 0 atom stereocenters. The molecule has 1 aliphatic heterocycles. The first-order chi connectivity index (χ1) is 7.88. The molecule has 0 spiro atoms. The maximum atomic E-state index is 11.6. The quantitative estimate of drug-likeness (QED) is 0.629. The second-order valence-corrected chi connectivity index (χ2v) is 4.40. The Hall–Kier alpha value is -1.05. The van der Waals surface area contributed by atoms with Crippen LogP contribution >= 0.6 is 0 Å². The van der Waals surface area contributed by atoms with Crippen LogP contribution in [0.4, 0.5) is 0 Å². The van der Waals surface area contributed by atoms with Crippen LogP contribution in [-0.2, 0) is 4.79 Å². The molecule has 4 heteroatoms. The van der Waals surface area contributed by atoms with E-state index in [4.69, 9.17) is 0 Å². The first-order valence-electron chi connectivity index (χ1n) is 6.11. The topological polar surface area (TPSA) is 43.8 Å². The Morgan fingerprint density at radius 3 is 2.06 bits per heavy atom. The van der Waals surface area contributed by atoms with Crippen molar-refractivity contribution in [2.24, 2.45) is 0 Å². The lowest BCUT2D eigenvalue weighted by atomic mass is 10.1. The summed E-state index contributed by atoms with van der Waals surface area (Å²) in [5.41, 5.74) is -1.10. The summed E-state index contributed by atoms with van der Waals surface area (Å²) in [7, 11) is 2.03. The van der Waals surface area contributed by atoms with Crippen molar-refractivity contribution in [3.05, 3.63) is 0 Å². The molecule has 0 aromatic carbocycles. The number of rotatable bonds is 0. The molecular weight excluding hydrogens is 216 g/mol. The summed E-state index contributed by atoms with van der Waals surface area (Å²) >= 11 is 0. The van der Waals surface area contributed by atoms with Crippen LogP contribution in [0.15, 0.2) is 0 Å². The minimum absolute atomic E-state index is 0.190. The van der Waals surface area contributed by atoms with E-state index < -0.39 is 5.60 Å². The van der Waals surface area contributed by atoms with E-state index >= 15 is 0 Å². The third-order valence-corrected chi connectivity index (χ3v) is 2.27. The SMILES string of the molecule is CC.CN1CCN(C(=O)C#CC(C)(C)O)CC1. The predicted molar refractivity (Wildman–Crippen MR) is 69.5 cm³/mol. The van der Waals surface area contributed by atoms with Gasteiger partial charge in [0.15, 0.2) is 0 Å². The van der Waals surface area contributed by atoms with Crippen LogP contribution in [0.25, 0.3) is 0 Å². The zero-order valence-corrected chi connectivity index (χ0v) is 11.6. The second kappa shape index (κ2) is 7.31. The van der Waals surface area contributed by atoms with Crippen molar-refractivity contribution in [1.29, 1.82) is 0 Å². The Balaban J connectivity index is 0.00000121. The Morgan fingerprint density at radius 1 is 1.18 bits per heavy atom. The molecule has 0 radical (unpaired) electrons. The van der Waals surface area contributed by atoms with Gasteiger partial charge in [-0.25, -0.2) is 0 Å². The van der Waals surface area contributed by atoms with Crippen LogP contribution in [-0.4, -0.2) is 59.6 Å². The highest BCUT2D eigenvalue weighted by Gasteiger charge is 2.17. The Kier molecular flexibility index (Phi) is 6.86. The average Bonchev–Trinajstić information content (AvgIpc) is 2.29. The van der Waals surface area contributed by atoms with Crippen LogP contribution in [0.5, 0.6) is 0 Å². The number of carbonyl (C=O) groups excluding carboxylic acids is 1. The number of hydrogen-bond donors (Lipinski definition) is 1. The molecular formula is C13H24N2O2. The highest BCUT2D eigenvalue weighted by molar-refractivity contribution is 5.93. The Labute approximate surface area is 105 Å². The summed E-state index contributed by atoms with van der Waals surface area (Å²) in [6.07, 6.45) is 0. The number of aliphatic hydroxyl groups is 1. The van der Waals surface area contributed by atoms with E-state index in [1.54, 1.807) is 18.7 Å². The fourth-order valence-electron chi connectivity index (χ4n) is 1.30. The molecule has 0 aliphatic carbocycles. The van der Waals surface area contributed by atoms with Gasteiger partial charge in [-0.3, -0.25) is 4.79 Å². The summed E-state index contributed by atoms with van der Waals surface area (Å²) in [6.45, 7) is 10.3. The molecule has 1 N–H and O–H groups in total. The van der Waals surface area contributed by atoms with Gasteiger partial charge in [0.25, 0.3) is 5.91 Å². The van der Waals surface area contributed by atoms with E-state index in [1.165, 1.54) is 0 Å². The van der Waals surface area contributed by atoms with Gasteiger partial charge in [0.05, 0.1) is 0 Å². The van der Waals surface area contributed by atoms with Crippen molar-refractivity contribution >= 4 is 5.91 Å². The van der Waals surface area contributed by atoms with Gasteiger partial charge in [-0.2, -0.15) is 0 Å². The number of hydrogen-bond acceptors (Lipinski definition) is 3. The average molecular weight is 240 g/mol. The normalized spacial score (nSPS) is 16.5. The van der Waals surface area contributed by atoms with Gasteiger partial charge in [-0.15, -0.1) is 0 Å². The summed E-state index contributed by atoms with van der Waals surface area (Å²) in [6, 6.07) is 0. The zero-order chi connectivity index (χ0) is 13.5. The van der Waals surface area contributed by atoms with E-state index in [-0.39, 0.29) is 5.91 Å². The van der Waals surface area contributed by atoms with E-state index in [0.717, 1.165) is 26.2 Å². The van der Waals surface area contributed by atoms with E-state index in [0.29, 0.717) is 0 Å². The molecule has 98 valence electrons. The molecule has 0 aromatic rings. The van der Waals surface area contributed by atoms with Gasteiger partial charge in [0.2, 0.25) is 0 Å². The molecule has 1 rings (SSSR count). The van der Waals surface area contributed by atoms with E-state index in [9.17, 15) is 9.90 Å². The van der Waals surface area contributed by atoms with Gasteiger partial charge in [0.1, 0.15) is 5.60 Å². The first kappa shape index (κ1) is 16.0. The Bertz CT molecular complexity index is 289. The van der Waals surface area contributed by atoms with E-state index in [1.807, 2.05) is 20.9 Å². The lowest BCUT2D eigenvalue weighted by Gasteiger charge is -2.31. The summed E-state index contributed by atoms with van der Waals surface area (Å²) in [5, 5.41) is 9.35. The maximum absolute atomic E-state index is 11.6. The van der Waals surface area contributed by atoms with Crippen molar-refractivity contribution in [2.45, 2.75) is 33.3 Å². The van der Waals surface area contributed by atoms with Crippen LogP contribution in [0.1, 0.15) is 27.7 Å². The third kappa shape index (κ3) is 6.98. The molecule has 0 aromatic heterocycles. The molecule has 17 heavy (non-hydrogen) atoms. The van der Waals surface area contributed by atoms with Crippen LogP contribution in [0.2, 0.25) is 0 Å². The van der Waals surface area contributed by atoms with Crippen molar-refractivity contribution in [3.8, 4) is 11.8 Å². The smallest absolute Gasteiger partial charge is 0.298 e. The molecule has 0 bridgehead atoms. The summed E-state index contributed by atoms with van der Waals surface area (Å²) in [5.74, 6) is 4.82. The molecule has 1 saturated heterocycles. The standard InChI is InChI=1S/C11H18N2O2.C2H6/c1-11(2,15)5-4-10(14)13-8-6-12(3)7-9-13;1-2/h15H,6-9H2,1-3H3;1-2H3. The first-order valence-corrected chi connectivity index (χ1v) is 6.11. The molecule has 1 heterocycles. The molecule has 0 saturated carbocycles. The van der Waals surface area contributed by atoms with Crippen molar-refractivity contribution in [1.82, 2.24) is 9.80 Å². The number of likely N-dealkylation sites (N-methyl/N-ethyl adjacent to an activating group) is 1. The number of nitrogens with zero attached hydrogens (tertiary/aromatic N) is 2. The van der Waals surface area contributed by atoms with Crippen molar-refractivity contribution in [3.63, 3.8) is 0 Å². The Morgan fingerprint density at radius 2 is 1.65 bits per heavy atom. The van der Waals surface area contributed by atoms with Gasteiger partial charge in [0, 0.05) is 26.2 Å². The molecule has 4 nitrogen and oxygen atoms in total. The number of piperazine rings is 1. The van der Waals surface area contributed by atoms with Crippen molar-refractivity contribution in [2.75, 3.05) is 33.2 Å². The van der Waals surface area contributed by atoms with Gasteiger partial charge < -0.3 is 14.9 Å². The lowest BCUT2D eigenvalue weighted by molar-refractivity contribution is -0.126. The van der Waals surface area contributed by atoms with Crippen LogP contribution < -0.4 is 0 Å². The third-order valence-electron chi connectivity index (χ3n) is 2.27. The molecule has 1 aliphatic rings. The summed E-state index contributed by atoms with van der Waals surface area (Å²) in [4.78, 5) is 15.5. The molecule has 1 amide bonds. The highest BCUT2D eigenvalue weighted by Crippen LogP contribution is 2.00. The molecule has 0 unspecified atom stereocenters. The molecule has 1 fully saturated rings. The van der Waals surface area contributed by atoms with Crippen LogP contribution in [0, 0.1) is 11.8 Å². The monoisotopic (exact) mass is 240 g/mol. The minimum Gasteiger partial charge on any atom is -0.378 e. The van der Waals surface area contributed by atoms with Gasteiger partial charge >= 0.3 is 0 Å². The van der Waals surface area contributed by atoms with E-state index in [2.05, 4.69) is 16.7 Å². The van der Waals surface area contributed by atoms with Gasteiger partial charge in [-0.1, -0.05) is 19.8 Å².